The molecule has 0 aliphatic carbocycles. The molecule has 1 aromatic heterocycles. The molecule has 1 amide bonds. The van der Waals surface area contributed by atoms with Gasteiger partial charge in [0.2, 0.25) is 5.91 Å². The van der Waals surface area contributed by atoms with E-state index in [-0.39, 0.29) is 17.8 Å². The maximum absolute atomic E-state index is 12.1. The van der Waals surface area contributed by atoms with Gasteiger partial charge in [0.1, 0.15) is 5.82 Å². The largest absolute Gasteiger partial charge is 0.465 e. The fourth-order valence-electron chi connectivity index (χ4n) is 3.01. The lowest BCUT2D eigenvalue weighted by atomic mass is 9.87. The summed E-state index contributed by atoms with van der Waals surface area (Å²) in [6.07, 6.45) is 4.30. The molecular weight excluding hydrogens is 306 g/mol. The molecule has 1 aromatic carbocycles. The maximum Gasteiger partial charge on any atom is 0.337 e. The van der Waals surface area contributed by atoms with Crippen molar-refractivity contribution >= 4 is 17.7 Å². The van der Waals surface area contributed by atoms with E-state index in [1.807, 2.05) is 23.0 Å². The molecule has 0 fully saturated rings. The van der Waals surface area contributed by atoms with Gasteiger partial charge < -0.3 is 10.1 Å². The minimum absolute atomic E-state index is 0.0113. The molecule has 0 bridgehead atoms. The molecule has 0 saturated carbocycles. The summed E-state index contributed by atoms with van der Waals surface area (Å²) < 4.78 is 6.59. The van der Waals surface area contributed by atoms with Gasteiger partial charge >= 0.3 is 5.97 Å². The van der Waals surface area contributed by atoms with E-state index in [1.54, 1.807) is 12.1 Å². The molecule has 24 heavy (non-hydrogen) atoms. The van der Waals surface area contributed by atoms with Crippen LogP contribution in [0.4, 0.5) is 5.82 Å². The van der Waals surface area contributed by atoms with E-state index >= 15 is 0 Å². The number of ether oxygens (including phenoxy) is 1. The predicted octanol–water partition coefficient (Wildman–Crippen LogP) is 2.94. The highest BCUT2D eigenvalue weighted by Gasteiger charge is 2.29. The molecule has 2 aromatic rings. The van der Waals surface area contributed by atoms with Gasteiger partial charge in [-0.2, -0.15) is 5.10 Å². The number of aryl methyl sites for hydroxylation is 1. The van der Waals surface area contributed by atoms with E-state index < -0.39 is 0 Å². The smallest absolute Gasteiger partial charge is 0.337 e. The highest BCUT2D eigenvalue weighted by Crippen LogP contribution is 2.37. The summed E-state index contributed by atoms with van der Waals surface area (Å²) >= 11 is 0. The Kier molecular flexibility index (Phi) is 4.64. The first kappa shape index (κ1) is 16.2. The van der Waals surface area contributed by atoms with Gasteiger partial charge in [0.25, 0.3) is 0 Å². The lowest BCUT2D eigenvalue weighted by Crippen LogP contribution is -2.25. The number of methoxy groups -OCH3 is 1. The van der Waals surface area contributed by atoms with Gasteiger partial charge in [0, 0.05) is 24.4 Å². The Morgan fingerprint density at radius 1 is 1.38 bits per heavy atom. The zero-order valence-electron chi connectivity index (χ0n) is 13.9. The van der Waals surface area contributed by atoms with Crippen LogP contribution in [-0.2, 0) is 16.1 Å². The number of benzene rings is 1. The van der Waals surface area contributed by atoms with Crippen LogP contribution in [0.3, 0.4) is 0 Å². The molecule has 1 N–H and O–H groups in total. The van der Waals surface area contributed by atoms with E-state index in [2.05, 4.69) is 17.3 Å². The number of unbranched alkanes of at least 4 members (excludes halogenated alkanes) is 1. The number of nitrogens with one attached hydrogen (secondary N) is 1. The highest BCUT2D eigenvalue weighted by molar-refractivity contribution is 5.94. The van der Waals surface area contributed by atoms with Gasteiger partial charge in [0.15, 0.2) is 0 Å². The molecule has 1 atom stereocenters. The van der Waals surface area contributed by atoms with Crippen molar-refractivity contribution in [1.29, 1.82) is 0 Å². The van der Waals surface area contributed by atoms with Gasteiger partial charge in [-0.05, 0) is 24.1 Å². The third-order valence-electron chi connectivity index (χ3n) is 4.35. The number of anilines is 1. The fourth-order valence-corrected chi connectivity index (χ4v) is 3.01. The Hall–Kier alpha value is -2.63. The van der Waals surface area contributed by atoms with Crippen molar-refractivity contribution in [3.63, 3.8) is 0 Å². The van der Waals surface area contributed by atoms with Crippen molar-refractivity contribution in [3.8, 4) is 0 Å². The molecule has 0 radical (unpaired) electrons. The number of hydrogen-bond acceptors (Lipinski definition) is 4. The number of carbonyl (C=O) groups is 2. The number of fused-ring (bicyclic) bond motifs is 1. The number of amides is 1. The van der Waals surface area contributed by atoms with Crippen molar-refractivity contribution in [2.45, 2.75) is 38.6 Å². The number of esters is 1. The normalized spacial score (nSPS) is 16.4. The monoisotopic (exact) mass is 327 g/mol. The summed E-state index contributed by atoms with van der Waals surface area (Å²) in [5.74, 6) is 0.372. The van der Waals surface area contributed by atoms with Crippen LogP contribution in [0.25, 0.3) is 0 Å². The number of nitrogens with zero attached hydrogens (tertiary/aromatic N) is 2. The van der Waals surface area contributed by atoms with Crippen LogP contribution in [0.15, 0.2) is 30.5 Å². The van der Waals surface area contributed by atoms with Crippen LogP contribution in [-0.4, -0.2) is 28.8 Å². The fraction of sp³-hybridized carbons (Fsp3) is 0.389. The Bertz CT molecular complexity index is 749. The van der Waals surface area contributed by atoms with Crippen molar-refractivity contribution in [2.75, 3.05) is 12.4 Å². The van der Waals surface area contributed by atoms with Crippen molar-refractivity contribution < 1.29 is 14.3 Å². The molecule has 6 heteroatoms. The number of aromatic nitrogens is 2. The van der Waals surface area contributed by atoms with Gasteiger partial charge in [0.05, 0.1) is 18.9 Å². The second-order valence-electron chi connectivity index (χ2n) is 5.94. The van der Waals surface area contributed by atoms with Gasteiger partial charge in [-0.3, -0.25) is 4.79 Å². The quantitative estimate of drug-likeness (QED) is 0.857. The van der Waals surface area contributed by atoms with Crippen LogP contribution >= 0.6 is 0 Å². The maximum atomic E-state index is 12.1. The number of carbonyl (C=O) groups excluding carboxylic acids is 2. The Morgan fingerprint density at radius 3 is 2.79 bits per heavy atom. The molecular formula is C18H21N3O3. The van der Waals surface area contributed by atoms with Gasteiger partial charge in [-0.1, -0.05) is 25.5 Å². The third-order valence-corrected chi connectivity index (χ3v) is 4.35. The molecule has 126 valence electrons. The number of rotatable bonds is 5. The van der Waals surface area contributed by atoms with Crippen LogP contribution in [0.5, 0.6) is 0 Å². The standard InChI is InChI=1S/C18H21N3O3/c1-3-4-9-21-17-15(11-19-21)14(10-16(22)20-17)12-5-7-13(8-6-12)18(23)24-2/h5-8,11,14H,3-4,9-10H2,1-2H3,(H,20,22). The van der Waals surface area contributed by atoms with E-state index in [1.165, 1.54) is 7.11 Å². The van der Waals surface area contributed by atoms with Crippen molar-refractivity contribution in [2.24, 2.45) is 0 Å². The van der Waals surface area contributed by atoms with Crippen molar-refractivity contribution in [3.05, 3.63) is 47.2 Å². The molecule has 1 aliphatic heterocycles. The van der Waals surface area contributed by atoms with Crippen LogP contribution in [0, 0.1) is 0 Å². The van der Waals surface area contributed by atoms with Crippen LogP contribution in [0.2, 0.25) is 0 Å². The van der Waals surface area contributed by atoms with E-state index in [4.69, 9.17) is 4.74 Å². The summed E-state index contributed by atoms with van der Waals surface area (Å²) in [4.78, 5) is 23.7. The lowest BCUT2D eigenvalue weighted by molar-refractivity contribution is -0.116. The first-order chi connectivity index (χ1) is 11.6. The second-order valence-corrected chi connectivity index (χ2v) is 5.94. The average Bonchev–Trinajstić information content (AvgIpc) is 3.01. The molecule has 1 aliphatic rings. The highest BCUT2D eigenvalue weighted by atomic mass is 16.5. The molecule has 0 saturated heterocycles. The van der Waals surface area contributed by atoms with Crippen molar-refractivity contribution in [1.82, 2.24) is 9.78 Å². The Morgan fingerprint density at radius 2 is 2.12 bits per heavy atom. The number of hydrogen-bond donors (Lipinski definition) is 1. The first-order valence-corrected chi connectivity index (χ1v) is 8.17. The summed E-state index contributed by atoms with van der Waals surface area (Å²) in [7, 11) is 1.36. The summed E-state index contributed by atoms with van der Waals surface area (Å²) in [6.45, 7) is 2.92. The minimum atomic E-state index is -0.365. The molecule has 0 spiro atoms. The molecule has 6 nitrogen and oxygen atoms in total. The Labute approximate surface area is 140 Å². The topological polar surface area (TPSA) is 73.2 Å². The van der Waals surface area contributed by atoms with E-state index in [0.717, 1.165) is 36.3 Å². The zero-order chi connectivity index (χ0) is 17.1. The second kappa shape index (κ2) is 6.86. The van der Waals surface area contributed by atoms with Crippen LogP contribution < -0.4 is 5.32 Å². The lowest BCUT2D eigenvalue weighted by Gasteiger charge is -2.24. The molecule has 3 rings (SSSR count). The minimum Gasteiger partial charge on any atom is -0.465 e. The molecule has 1 unspecified atom stereocenters. The molecule has 2 heterocycles. The predicted molar refractivity (Wildman–Crippen MR) is 90.0 cm³/mol. The average molecular weight is 327 g/mol. The summed E-state index contributed by atoms with van der Waals surface area (Å²) in [6, 6.07) is 7.22. The Balaban J connectivity index is 1.91. The van der Waals surface area contributed by atoms with Gasteiger partial charge in [-0.25, -0.2) is 9.48 Å². The zero-order valence-corrected chi connectivity index (χ0v) is 13.9. The SMILES string of the molecule is CCCCn1ncc2c1NC(=O)CC2c1ccc(C(=O)OC)cc1. The third kappa shape index (κ3) is 3.04. The van der Waals surface area contributed by atoms with Gasteiger partial charge in [-0.15, -0.1) is 0 Å². The van der Waals surface area contributed by atoms with E-state index in [0.29, 0.717) is 12.0 Å². The summed E-state index contributed by atoms with van der Waals surface area (Å²) in [5.41, 5.74) is 2.52. The summed E-state index contributed by atoms with van der Waals surface area (Å²) in [5, 5.41) is 7.38. The van der Waals surface area contributed by atoms with E-state index in [9.17, 15) is 9.59 Å². The first-order valence-electron chi connectivity index (χ1n) is 8.17. The van der Waals surface area contributed by atoms with Crippen LogP contribution in [0.1, 0.15) is 53.6 Å².